The molecule has 0 unspecified atom stereocenters. The number of rotatable bonds is 5. The minimum atomic E-state index is -0.657. The summed E-state index contributed by atoms with van der Waals surface area (Å²) in [4.78, 5) is 39.6. The Bertz CT molecular complexity index is 1000. The van der Waals surface area contributed by atoms with Crippen LogP contribution in [0, 0.1) is 0 Å². The average Bonchev–Trinajstić information content (AvgIpc) is 3.18. The highest BCUT2D eigenvalue weighted by molar-refractivity contribution is 5.98. The van der Waals surface area contributed by atoms with Crippen LogP contribution in [0.5, 0.6) is 5.75 Å². The largest absolute Gasteiger partial charge is 0.508 e. The zero-order valence-corrected chi connectivity index (χ0v) is 18.2. The predicted octanol–water partition coefficient (Wildman–Crippen LogP) is 2.35. The first-order chi connectivity index (χ1) is 15.3. The van der Waals surface area contributed by atoms with Gasteiger partial charge in [-0.2, -0.15) is 0 Å². The van der Waals surface area contributed by atoms with Crippen LogP contribution in [-0.4, -0.2) is 52.5 Å². The number of benzene rings is 2. The molecule has 2 aromatic carbocycles. The molecular weight excluding hydrogens is 408 g/mol. The Hall–Kier alpha value is -3.55. The number of phenols is 1. The van der Waals surface area contributed by atoms with Gasteiger partial charge in [0.25, 0.3) is 0 Å². The van der Waals surface area contributed by atoms with Crippen molar-refractivity contribution in [2.45, 2.75) is 50.7 Å². The fourth-order valence-electron chi connectivity index (χ4n) is 4.27. The fraction of sp³-hybridized carbons (Fsp3) is 0.375. The Morgan fingerprint density at radius 1 is 1.12 bits per heavy atom. The number of hydrogen-bond donors (Lipinski definition) is 4. The van der Waals surface area contributed by atoms with Gasteiger partial charge in [-0.15, -0.1) is 0 Å². The van der Waals surface area contributed by atoms with E-state index in [2.05, 4.69) is 29.8 Å². The number of phenolic OH excluding ortho intramolecular Hbond substituents is 1. The van der Waals surface area contributed by atoms with Crippen molar-refractivity contribution in [3.8, 4) is 5.75 Å². The molecule has 4 rings (SSSR count). The topological polar surface area (TPSA) is 111 Å². The molecule has 2 aliphatic heterocycles. The Balaban J connectivity index is 1.34. The first-order valence-electron chi connectivity index (χ1n) is 10.9. The summed E-state index contributed by atoms with van der Waals surface area (Å²) < 4.78 is 0. The zero-order chi connectivity index (χ0) is 22.8. The number of carbonyl (C=O) groups excluding carboxylic acids is 3. The normalized spacial score (nSPS) is 22.5. The number of nitrogens with zero attached hydrogens (tertiary/aromatic N) is 1. The zero-order valence-electron chi connectivity index (χ0n) is 18.2. The van der Waals surface area contributed by atoms with Crippen molar-refractivity contribution in [2.24, 2.45) is 0 Å². The molecule has 0 aliphatic carbocycles. The molecule has 0 spiro atoms. The lowest BCUT2D eigenvalue weighted by atomic mass is 10.0. The van der Waals surface area contributed by atoms with E-state index in [4.69, 9.17) is 0 Å². The number of anilines is 1. The minimum Gasteiger partial charge on any atom is -0.508 e. The molecule has 2 fully saturated rings. The van der Waals surface area contributed by atoms with E-state index >= 15 is 0 Å². The molecule has 3 atom stereocenters. The second kappa shape index (κ2) is 8.90. The summed E-state index contributed by atoms with van der Waals surface area (Å²) in [6.45, 7) is 4.51. The summed E-state index contributed by atoms with van der Waals surface area (Å²) in [5.74, 6) is 0.199. The highest BCUT2D eigenvalue weighted by atomic mass is 16.3. The van der Waals surface area contributed by atoms with Crippen LogP contribution in [0.1, 0.15) is 37.3 Å². The Morgan fingerprint density at radius 3 is 2.47 bits per heavy atom. The Kier molecular flexibility index (Phi) is 6.03. The van der Waals surface area contributed by atoms with Gasteiger partial charge >= 0.3 is 6.03 Å². The molecule has 8 nitrogen and oxygen atoms in total. The molecule has 168 valence electrons. The molecule has 2 aromatic rings. The van der Waals surface area contributed by atoms with E-state index in [-0.39, 0.29) is 29.6 Å². The smallest absolute Gasteiger partial charge is 0.319 e. The number of urea groups is 1. The Morgan fingerprint density at radius 2 is 1.81 bits per heavy atom. The number of nitrogens with one attached hydrogen (secondary N) is 3. The van der Waals surface area contributed by atoms with Crippen molar-refractivity contribution in [1.29, 1.82) is 0 Å². The van der Waals surface area contributed by atoms with E-state index in [1.807, 2.05) is 24.3 Å². The minimum absolute atomic E-state index is 0.149. The summed E-state index contributed by atoms with van der Waals surface area (Å²) in [6, 6.07) is 12.3. The van der Waals surface area contributed by atoms with Gasteiger partial charge < -0.3 is 26.0 Å². The van der Waals surface area contributed by atoms with Crippen LogP contribution in [-0.2, 0) is 16.0 Å². The van der Waals surface area contributed by atoms with E-state index in [1.54, 1.807) is 29.2 Å². The van der Waals surface area contributed by atoms with Crippen LogP contribution in [0.15, 0.2) is 48.5 Å². The van der Waals surface area contributed by atoms with Gasteiger partial charge in [0, 0.05) is 18.7 Å². The third kappa shape index (κ3) is 4.69. The number of fused-ring (bicyclic) bond motifs is 1. The van der Waals surface area contributed by atoms with E-state index in [0.29, 0.717) is 31.0 Å². The number of aromatic hydroxyl groups is 1. The van der Waals surface area contributed by atoms with Crippen LogP contribution in [0.25, 0.3) is 0 Å². The summed E-state index contributed by atoms with van der Waals surface area (Å²) in [7, 11) is 0. The van der Waals surface area contributed by atoms with Gasteiger partial charge in [-0.1, -0.05) is 38.1 Å². The standard InChI is InChI=1S/C24H28N4O4/c1-14(2)16-5-7-17(8-6-16)25-24(32)26-18-12-21-22(30)27-20(23(31)28(21)13-18)11-15-3-9-19(29)10-4-15/h3-10,14,18,20-21,29H,11-13H2,1-2H3,(H,27,30)(H2,25,26,32)/t18-,20-,21-/m0/s1. The average molecular weight is 437 g/mol. The van der Waals surface area contributed by atoms with Gasteiger partial charge in [0.1, 0.15) is 17.8 Å². The van der Waals surface area contributed by atoms with Crippen LogP contribution < -0.4 is 16.0 Å². The first kappa shape index (κ1) is 21.7. The number of amides is 4. The molecule has 0 saturated carbocycles. The maximum atomic E-state index is 13.0. The Labute approximate surface area is 187 Å². The summed E-state index contributed by atoms with van der Waals surface area (Å²) in [5, 5.41) is 17.9. The molecule has 0 radical (unpaired) electrons. The molecule has 2 saturated heterocycles. The lowest BCUT2D eigenvalue weighted by Crippen LogP contribution is -2.61. The van der Waals surface area contributed by atoms with Crippen molar-refractivity contribution in [3.63, 3.8) is 0 Å². The number of piperazine rings is 1. The molecule has 4 amide bonds. The van der Waals surface area contributed by atoms with Gasteiger partial charge in [-0.05, 0) is 47.7 Å². The first-order valence-corrected chi connectivity index (χ1v) is 10.9. The summed E-state index contributed by atoms with van der Waals surface area (Å²) >= 11 is 0. The third-order valence-corrected chi connectivity index (χ3v) is 6.05. The van der Waals surface area contributed by atoms with E-state index < -0.39 is 12.1 Å². The molecule has 4 N–H and O–H groups in total. The maximum absolute atomic E-state index is 13.0. The van der Waals surface area contributed by atoms with Crippen molar-refractivity contribution in [1.82, 2.24) is 15.5 Å². The van der Waals surface area contributed by atoms with Gasteiger partial charge in [0.2, 0.25) is 11.8 Å². The van der Waals surface area contributed by atoms with Crippen molar-refractivity contribution >= 4 is 23.5 Å². The second-order valence-electron chi connectivity index (χ2n) is 8.75. The number of carbonyl (C=O) groups is 3. The second-order valence-corrected chi connectivity index (χ2v) is 8.75. The van der Waals surface area contributed by atoms with Crippen LogP contribution in [0.4, 0.5) is 10.5 Å². The summed E-state index contributed by atoms with van der Waals surface area (Å²) in [5.41, 5.74) is 2.72. The lowest BCUT2D eigenvalue weighted by Gasteiger charge is -2.34. The van der Waals surface area contributed by atoms with Gasteiger partial charge in [0.15, 0.2) is 0 Å². The highest BCUT2D eigenvalue weighted by Gasteiger charge is 2.46. The van der Waals surface area contributed by atoms with Crippen LogP contribution in [0.2, 0.25) is 0 Å². The van der Waals surface area contributed by atoms with Crippen LogP contribution >= 0.6 is 0 Å². The van der Waals surface area contributed by atoms with Gasteiger partial charge in [-0.25, -0.2) is 4.79 Å². The van der Waals surface area contributed by atoms with Gasteiger partial charge in [-0.3, -0.25) is 9.59 Å². The molecule has 2 aliphatic rings. The SMILES string of the molecule is CC(C)c1ccc(NC(=O)N[C@H]2C[C@H]3C(=O)N[C@@H](Cc4ccc(O)cc4)C(=O)N3C2)cc1. The van der Waals surface area contributed by atoms with Crippen molar-refractivity contribution in [2.75, 3.05) is 11.9 Å². The van der Waals surface area contributed by atoms with E-state index in [9.17, 15) is 19.5 Å². The molecule has 8 heteroatoms. The van der Waals surface area contributed by atoms with Crippen molar-refractivity contribution in [3.05, 3.63) is 59.7 Å². The van der Waals surface area contributed by atoms with E-state index in [0.717, 1.165) is 5.56 Å². The van der Waals surface area contributed by atoms with E-state index in [1.165, 1.54) is 5.56 Å². The van der Waals surface area contributed by atoms with Gasteiger partial charge in [0.05, 0.1) is 6.04 Å². The monoisotopic (exact) mass is 436 g/mol. The predicted molar refractivity (Wildman–Crippen MR) is 120 cm³/mol. The highest BCUT2D eigenvalue weighted by Crippen LogP contribution is 2.24. The third-order valence-electron chi connectivity index (χ3n) is 6.05. The maximum Gasteiger partial charge on any atom is 0.319 e. The van der Waals surface area contributed by atoms with Crippen LogP contribution in [0.3, 0.4) is 0 Å². The molecular formula is C24H28N4O4. The molecule has 0 aromatic heterocycles. The molecule has 0 bridgehead atoms. The number of hydrogen-bond acceptors (Lipinski definition) is 4. The molecule has 32 heavy (non-hydrogen) atoms. The quantitative estimate of drug-likeness (QED) is 0.577. The lowest BCUT2D eigenvalue weighted by molar-refractivity contribution is -0.147. The fourth-order valence-corrected chi connectivity index (χ4v) is 4.27. The molecule has 2 heterocycles. The van der Waals surface area contributed by atoms with Crippen molar-refractivity contribution < 1.29 is 19.5 Å². The summed E-state index contributed by atoms with van der Waals surface area (Å²) in [6.07, 6.45) is 0.724.